The highest BCUT2D eigenvalue weighted by molar-refractivity contribution is 5.86. The maximum atomic E-state index is 12.2. The molecule has 0 unspecified atom stereocenters. The lowest BCUT2D eigenvalue weighted by Crippen LogP contribution is -2.51. The molecule has 182 valence electrons. The maximum Gasteiger partial charge on any atom is 0.306 e. The zero-order valence-electron chi connectivity index (χ0n) is 19.8. The topological polar surface area (TPSA) is 97.7 Å². The second kappa shape index (κ2) is 11.3. The molecule has 0 saturated carbocycles. The number of carbonyl (C=O) groups excluding carboxylic acids is 1. The zero-order valence-corrected chi connectivity index (χ0v) is 19.8. The summed E-state index contributed by atoms with van der Waals surface area (Å²) >= 11 is 0. The molecule has 35 heavy (non-hydrogen) atoms. The molecule has 0 atom stereocenters. The van der Waals surface area contributed by atoms with Crippen molar-refractivity contribution in [1.29, 1.82) is 0 Å². The number of aromatic nitrogens is 1. The number of aliphatic hydroxyl groups is 2. The summed E-state index contributed by atoms with van der Waals surface area (Å²) in [7, 11) is 0. The van der Waals surface area contributed by atoms with E-state index in [1.54, 1.807) is 0 Å². The average molecular weight is 473 g/mol. The first-order valence-corrected chi connectivity index (χ1v) is 11.9. The fraction of sp³-hybridized carbons (Fsp3) is 0.276. The van der Waals surface area contributed by atoms with Crippen molar-refractivity contribution in [3.8, 4) is 5.69 Å². The van der Waals surface area contributed by atoms with E-state index in [0.29, 0.717) is 6.42 Å². The third-order valence-corrected chi connectivity index (χ3v) is 6.28. The van der Waals surface area contributed by atoms with Crippen LogP contribution in [0.5, 0.6) is 0 Å². The molecular formula is C29H32N2O4. The molecule has 0 saturated heterocycles. The van der Waals surface area contributed by atoms with E-state index in [-0.39, 0.29) is 13.0 Å². The van der Waals surface area contributed by atoms with Gasteiger partial charge < -0.3 is 25.3 Å². The van der Waals surface area contributed by atoms with Crippen LogP contribution < -0.4 is 5.73 Å². The van der Waals surface area contributed by atoms with Gasteiger partial charge in [-0.15, -0.1) is 0 Å². The van der Waals surface area contributed by atoms with Gasteiger partial charge in [0, 0.05) is 23.7 Å². The van der Waals surface area contributed by atoms with Crippen molar-refractivity contribution in [2.24, 2.45) is 5.73 Å². The highest BCUT2D eigenvalue weighted by Crippen LogP contribution is 2.28. The Morgan fingerprint density at radius 1 is 0.857 bits per heavy atom. The summed E-state index contributed by atoms with van der Waals surface area (Å²) < 4.78 is 7.40. The summed E-state index contributed by atoms with van der Waals surface area (Å²) in [6.07, 6.45) is 4.79. The first kappa shape index (κ1) is 24.7. The number of ether oxygens (including phenoxy) is 1. The third-order valence-electron chi connectivity index (χ3n) is 6.28. The van der Waals surface area contributed by atoms with Gasteiger partial charge in [-0.25, -0.2) is 0 Å². The maximum absolute atomic E-state index is 12.2. The summed E-state index contributed by atoms with van der Waals surface area (Å²) in [4.78, 5) is 12.2. The van der Waals surface area contributed by atoms with E-state index in [1.165, 1.54) is 16.5 Å². The van der Waals surface area contributed by atoms with E-state index in [4.69, 9.17) is 10.5 Å². The Labute approximate surface area is 205 Å². The van der Waals surface area contributed by atoms with Gasteiger partial charge in [-0.1, -0.05) is 54.6 Å². The molecule has 6 nitrogen and oxygen atoms in total. The number of fused-ring (bicyclic) bond motifs is 1. The Morgan fingerprint density at radius 3 is 2.23 bits per heavy atom. The summed E-state index contributed by atoms with van der Waals surface area (Å²) in [6, 6.07) is 27.1. The second-order valence-electron chi connectivity index (χ2n) is 9.04. The summed E-state index contributed by atoms with van der Waals surface area (Å²) in [5.74, 6) is -0.409. The Balaban J connectivity index is 1.53. The molecule has 0 bridgehead atoms. The summed E-state index contributed by atoms with van der Waals surface area (Å²) in [5.41, 5.74) is 10.3. The van der Waals surface area contributed by atoms with Crippen molar-refractivity contribution in [3.05, 3.63) is 102 Å². The average Bonchev–Trinajstić information content (AvgIpc) is 3.28. The number of hydrogen-bond donors (Lipinski definition) is 3. The Kier molecular flexibility index (Phi) is 7.98. The summed E-state index contributed by atoms with van der Waals surface area (Å²) in [6.45, 7) is -1.14. The van der Waals surface area contributed by atoms with Crippen LogP contribution in [0.25, 0.3) is 16.6 Å². The SMILES string of the molecule is NC(CO)(CO)COC(=O)CCc1ccc2c(c1)c(CCc1ccccc1)cn2-c1ccccc1. The minimum atomic E-state index is -1.32. The second-order valence-corrected chi connectivity index (χ2v) is 9.04. The van der Waals surface area contributed by atoms with E-state index in [2.05, 4.69) is 59.3 Å². The van der Waals surface area contributed by atoms with Crippen LogP contribution in [0.1, 0.15) is 23.1 Å². The number of benzene rings is 3. The van der Waals surface area contributed by atoms with Crippen molar-refractivity contribution in [3.63, 3.8) is 0 Å². The number of carbonyl (C=O) groups is 1. The number of esters is 1. The zero-order chi connectivity index (χ0) is 24.7. The van der Waals surface area contributed by atoms with Gasteiger partial charge in [0.05, 0.1) is 24.3 Å². The monoisotopic (exact) mass is 472 g/mol. The molecule has 0 spiro atoms. The first-order chi connectivity index (χ1) is 17.0. The molecule has 0 aliphatic rings. The lowest BCUT2D eigenvalue weighted by molar-refractivity contribution is -0.146. The van der Waals surface area contributed by atoms with Crippen LogP contribution in [0.15, 0.2) is 85.1 Å². The van der Waals surface area contributed by atoms with Crippen molar-refractivity contribution in [2.45, 2.75) is 31.2 Å². The molecule has 4 N–H and O–H groups in total. The number of aliphatic hydroxyl groups excluding tert-OH is 2. The number of rotatable bonds is 11. The molecule has 0 aliphatic heterocycles. The Bertz CT molecular complexity index is 1250. The van der Waals surface area contributed by atoms with Gasteiger partial charge in [-0.3, -0.25) is 4.79 Å². The predicted molar refractivity (Wildman–Crippen MR) is 137 cm³/mol. The molecule has 0 fully saturated rings. The quantitative estimate of drug-likeness (QED) is 0.290. The number of nitrogens with two attached hydrogens (primary N) is 1. The number of hydrogen-bond acceptors (Lipinski definition) is 5. The van der Waals surface area contributed by atoms with Gasteiger partial charge in [0.1, 0.15) is 6.61 Å². The molecule has 6 heteroatoms. The van der Waals surface area contributed by atoms with E-state index >= 15 is 0 Å². The molecule has 4 aromatic rings. The van der Waals surface area contributed by atoms with E-state index in [1.807, 2.05) is 30.3 Å². The van der Waals surface area contributed by atoms with Crippen molar-refractivity contribution in [2.75, 3.05) is 19.8 Å². The van der Waals surface area contributed by atoms with Crippen molar-refractivity contribution in [1.82, 2.24) is 4.57 Å². The molecule has 1 heterocycles. The molecule has 3 aromatic carbocycles. The highest BCUT2D eigenvalue weighted by atomic mass is 16.5. The van der Waals surface area contributed by atoms with E-state index < -0.39 is 24.7 Å². The Morgan fingerprint density at radius 2 is 1.54 bits per heavy atom. The minimum Gasteiger partial charge on any atom is -0.464 e. The Hall–Kier alpha value is -3.45. The lowest BCUT2D eigenvalue weighted by atomic mass is 10.0. The fourth-order valence-electron chi connectivity index (χ4n) is 4.11. The molecule has 1 aromatic heterocycles. The van der Waals surface area contributed by atoms with Gasteiger partial charge >= 0.3 is 5.97 Å². The molecule has 0 radical (unpaired) electrons. The van der Waals surface area contributed by atoms with Crippen LogP contribution in [0.2, 0.25) is 0 Å². The first-order valence-electron chi connectivity index (χ1n) is 11.9. The summed E-state index contributed by atoms with van der Waals surface area (Å²) in [5, 5.41) is 19.7. The van der Waals surface area contributed by atoms with Crippen LogP contribution in [-0.2, 0) is 28.8 Å². The molecular weight excluding hydrogens is 440 g/mol. The minimum absolute atomic E-state index is 0.192. The number of nitrogens with zero attached hydrogens (tertiary/aromatic N) is 1. The third kappa shape index (κ3) is 6.17. The van der Waals surface area contributed by atoms with Gasteiger partial charge in [0.25, 0.3) is 0 Å². The molecule has 4 rings (SSSR count). The highest BCUT2D eigenvalue weighted by Gasteiger charge is 2.25. The van der Waals surface area contributed by atoms with Crippen LogP contribution in [0.3, 0.4) is 0 Å². The van der Waals surface area contributed by atoms with Gasteiger partial charge in [-0.2, -0.15) is 0 Å². The van der Waals surface area contributed by atoms with E-state index in [0.717, 1.165) is 29.6 Å². The largest absolute Gasteiger partial charge is 0.464 e. The van der Waals surface area contributed by atoms with Crippen LogP contribution in [0.4, 0.5) is 0 Å². The van der Waals surface area contributed by atoms with Gasteiger partial charge in [0.2, 0.25) is 0 Å². The van der Waals surface area contributed by atoms with Crippen molar-refractivity contribution < 1.29 is 19.7 Å². The van der Waals surface area contributed by atoms with Crippen LogP contribution in [0, 0.1) is 0 Å². The van der Waals surface area contributed by atoms with Crippen LogP contribution in [-0.4, -0.2) is 46.1 Å². The predicted octanol–water partition coefficient (Wildman–Crippen LogP) is 3.57. The standard InChI is InChI=1S/C29H32N2O4/c30-29(19-32,20-33)21-35-28(34)16-13-23-12-15-27-26(17-23)24(14-11-22-7-3-1-4-8-22)18-31(27)25-9-5-2-6-10-25/h1-10,12,15,17-18,32-33H,11,13-14,16,19-21,30H2. The lowest BCUT2D eigenvalue weighted by Gasteiger charge is -2.23. The van der Waals surface area contributed by atoms with Gasteiger partial charge in [-0.05, 0) is 60.2 Å². The normalized spacial score (nSPS) is 11.6. The van der Waals surface area contributed by atoms with Crippen molar-refractivity contribution >= 4 is 16.9 Å². The number of para-hydroxylation sites is 1. The fourth-order valence-corrected chi connectivity index (χ4v) is 4.11. The van der Waals surface area contributed by atoms with E-state index in [9.17, 15) is 15.0 Å². The van der Waals surface area contributed by atoms with Gasteiger partial charge in [0.15, 0.2) is 0 Å². The molecule has 0 amide bonds. The molecule has 0 aliphatic carbocycles. The van der Waals surface area contributed by atoms with Crippen LogP contribution >= 0.6 is 0 Å². The smallest absolute Gasteiger partial charge is 0.306 e. The number of aryl methyl sites for hydroxylation is 3.